The summed E-state index contributed by atoms with van der Waals surface area (Å²) in [5.74, 6) is -0.156. The minimum atomic E-state index is -0.605. The summed E-state index contributed by atoms with van der Waals surface area (Å²) in [7, 11) is 3.94. The molecular weight excluding hydrogens is 326 g/mol. The van der Waals surface area contributed by atoms with Crippen LogP contribution in [0.25, 0.3) is 0 Å². The van der Waals surface area contributed by atoms with E-state index >= 15 is 0 Å². The number of aryl methyl sites for hydroxylation is 2. The molecule has 2 amide bonds. The van der Waals surface area contributed by atoms with Gasteiger partial charge in [0.25, 0.3) is 5.91 Å². The predicted molar refractivity (Wildman–Crippen MR) is 104 cm³/mol. The number of rotatable bonds is 5. The Morgan fingerprint density at radius 1 is 1.08 bits per heavy atom. The summed E-state index contributed by atoms with van der Waals surface area (Å²) in [4.78, 5) is 28.8. The molecule has 1 aliphatic rings. The molecule has 2 aromatic rings. The number of benzene rings is 2. The highest BCUT2D eigenvalue weighted by Crippen LogP contribution is 2.30. The Labute approximate surface area is 154 Å². The van der Waals surface area contributed by atoms with Crippen LogP contribution in [-0.4, -0.2) is 37.4 Å². The van der Waals surface area contributed by atoms with Crippen molar-refractivity contribution >= 4 is 23.2 Å². The zero-order valence-corrected chi connectivity index (χ0v) is 15.7. The summed E-state index contributed by atoms with van der Waals surface area (Å²) in [6.07, 6.45) is 0.503. The van der Waals surface area contributed by atoms with Crippen LogP contribution in [0.4, 0.5) is 11.4 Å². The molecule has 1 atom stereocenters. The van der Waals surface area contributed by atoms with E-state index in [1.807, 2.05) is 75.3 Å². The summed E-state index contributed by atoms with van der Waals surface area (Å²) >= 11 is 0. The molecule has 5 nitrogen and oxygen atoms in total. The first-order valence-corrected chi connectivity index (χ1v) is 8.82. The molecule has 1 heterocycles. The van der Waals surface area contributed by atoms with Crippen LogP contribution in [0, 0.1) is 13.8 Å². The van der Waals surface area contributed by atoms with Gasteiger partial charge in [-0.25, -0.2) is 0 Å². The number of carbonyl (C=O) groups excluding carboxylic acids is 2. The van der Waals surface area contributed by atoms with Gasteiger partial charge in [-0.1, -0.05) is 30.3 Å². The quantitative estimate of drug-likeness (QED) is 0.841. The van der Waals surface area contributed by atoms with Gasteiger partial charge in [0.05, 0.1) is 0 Å². The van der Waals surface area contributed by atoms with Gasteiger partial charge in [0, 0.05) is 38.4 Å². The van der Waals surface area contributed by atoms with Crippen LogP contribution in [0.2, 0.25) is 0 Å². The predicted octanol–water partition coefficient (Wildman–Crippen LogP) is 3.28. The SMILES string of the molecule is Cc1cccc(C)c1NC(=O)C(c1ccc(N(C)C)cc1)N1CCC1=O. The van der Waals surface area contributed by atoms with Crippen molar-refractivity contribution in [2.75, 3.05) is 30.9 Å². The van der Waals surface area contributed by atoms with Gasteiger partial charge >= 0.3 is 0 Å². The van der Waals surface area contributed by atoms with Gasteiger partial charge in [0.15, 0.2) is 0 Å². The molecule has 26 heavy (non-hydrogen) atoms. The van der Waals surface area contributed by atoms with Crippen molar-refractivity contribution in [1.82, 2.24) is 4.90 Å². The smallest absolute Gasteiger partial charge is 0.251 e. The van der Waals surface area contributed by atoms with Crippen molar-refractivity contribution in [1.29, 1.82) is 0 Å². The normalized spacial score (nSPS) is 14.6. The maximum Gasteiger partial charge on any atom is 0.251 e. The molecule has 0 aromatic heterocycles. The highest BCUT2D eigenvalue weighted by molar-refractivity contribution is 6.00. The topological polar surface area (TPSA) is 52.7 Å². The molecule has 0 aliphatic carbocycles. The first-order valence-electron chi connectivity index (χ1n) is 8.82. The second kappa shape index (κ2) is 7.20. The number of β-lactam (4-membered cyclic amide) rings is 1. The maximum absolute atomic E-state index is 13.1. The Bertz CT molecular complexity index is 807. The average molecular weight is 351 g/mol. The van der Waals surface area contributed by atoms with Crippen LogP contribution >= 0.6 is 0 Å². The molecule has 5 heteroatoms. The first-order chi connectivity index (χ1) is 12.4. The van der Waals surface area contributed by atoms with Crippen molar-refractivity contribution in [3.63, 3.8) is 0 Å². The highest BCUT2D eigenvalue weighted by atomic mass is 16.2. The Morgan fingerprint density at radius 2 is 1.69 bits per heavy atom. The van der Waals surface area contributed by atoms with E-state index in [-0.39, 0.29) is 11.8 Å². The van der Waals surface area contributed by atoms with Gasteiger partial charge in [0.1, 0.15) is 6.04 Å². The summed E-state index contributed by atoms with van der Waals surface area (Å²) in [6.45, 7) is 4.55. The fraction of sp³-hybridized carbons (Fsp3) is 0.333. The number of para-hydroxylation sites is 1. The van der Waals surface area contributed by atoms with Gasteiger partial charge in [-0.3, -0.25) is 9.59 Å². The molecule has 136 valence electrons. The molecule has 0 radical (unpaired) electrons. The lowest BCUT2D eigenvalue weighted by Crippen LogP contribution is -2.49. The van der Waals surface area contributed by atoms with E-state index in [0.717, 1.165) is 28.1 Å². The van der Waals surface area contributed by atoms with Gasteiger partial charge in [0.2, 0.25) is 5.91 Å². The van der Waals surface area contributed by atoms with Crippen LogP contribution < -0.4 is 10.2 Å². The number of amides is 2. The molecule has 1 aliphatic heterocycles. The maximum atomic E-state index is 13.1. The zero-order valence-electron chi connectivity index (χ0n) is 15.7. The molecule has 2 aromatic carbocycles. The van der Waals surface area contributed by atoms with Crippen molar-refractivity contribution in [2.24, 2.45) is 0 Å². The Kier molecular flexibility index (Phi) is 4.98. The third-order valence-corrected chi connectivity index (χ3v) is 4.90. The Hall–Kier alpha value is -2.82. The Morgan fingerprint density at radius 3 is 2.15 bits per heavy atom. The van der Waals surface area contributed by atoms with Crippen LogP contribution in [-0.2, 0) is 9.59 Å². The summed E-state index contributed by atoms with van der Waals surface area (Å²) in [5, 5.41) is 3.04. The average Bonchev–Trinajstić information content (AvgIpc) is 2.61. The minimum Gasteiger partial charge on any atom is -0.378 e. The number of nitrogens with zero attached hydrogens (tertiary/aromatic N) is 2. The van der Waals surface area contributed by atoms with E-state index in [1.165, 1.54) is 0 Å². The summed E-state index contributed by atoms with van der Waals surface area (Å²) in [5.41, 5.74) is 4.72. The molecule has 0 bridgehead atoms. The largest absolute Gasteiger partial charge is 0.378 e. The number of nitrogens with one attached hydrogen (secondary N) is 1. The number of hydrogen-bond acceptors (Lipinski definition) is 3. The Balaban J connectivity index is 1.91. The van der Waals surface area contributed by atoms with Crippen LogP contribution in [0.1, 0.15) is 29.2 Å². The molecule has 1 saturated heterocycles. The van der Waals surface area contributed by atoms with Crippen molar-refractivity contribution < 1.29 is 9.59 Å². The standard InChI is InChI=1S/C21H25N3O2/c1-14-6-5-7-15(2)19(14)22-21(26)20(24-13-12-18(24)25)16-8-10-17(11-9-16)23(3)4/h5-11,20H,12-13H2,1-4H3,(H,22,26). The highest BCUT2D eigenvalue weighted by Gasteiger charge is 2.36. The fourth-order valence-corrected chi connectivity index (χ4v) is 3.24. The fourth-order valence-electron chi connectivity index (χ4n) is 3.24. The second-order valence-corrected chi connectivity index (χ2v) is 6.98. The van der Waals surface area contributed by atoms with Gasteiger partial charge < -0.3 is 15.1 Å². The third-order valence-electron chi connectivity index (χ3n) is 4.90. The molecular formula is C21H25N3O2. The summed E-state index contributed by atoms with van der Waals surface area (Å²) in [6, 6.07) is 13.1. The van der Waals surface area contributed by atoms with Crippen molar-refractivity contribution in [3.05, 3.63) is 59.2 Å². The van der Waals surface area contributed by atoms with Crippen LogP contribution in [0.3, 0.4) is 0 Å². The zero-order chi connectivity index (χ0) is 18.8. The molecule has 3 rings (SSSR count). The molecule has 0 saturated carbocycles. The van der Waals surface area contributed by atoms with E-state index in [4.69, 9.17) is 0 Å². The second-order valence-electron chi connectivity index (χ2n) is 6.98. The number of likely N-dealkylation sites (tertiary alicyclic amines) is 1. The lowest BCUT2D eigenvalue weighted by molar-refractivity contribution is -0.147. The van der Waals surface area contributed by atoms with Gasteiger partial charge in [-0.2, -0.15) is 0 Å². The minimum absolute atomic E-state index is 0.0170. The molecule has 1 unspecified atom stereocenters. The van der Waals surface area contributed by atoms with E-state index in [9.17, 15) is 9.59 Å². The molecule has 1 N–H and O–H groups in total. The number of anilines is 2. The third kappa shape index (κ3) is 3.43. The molecule has 0 spiro atoms. The number of hydrogen-bond donors (Lipinski definition) is 1. The molecule has 1 fully saturated rings. The first kappa shape index (κ1) is 18.0. The lowest BCUT2D eigenvalue weighted by Gasteiger charge is -2.37. The lowest BCUT2D eigenvalue weighted by atomic mass is 9.99. The van der Waals surface area contributed by atoms with Crippen LogP contribution in [0.15, 0.2) is 42.5 Å². The van der Waals surface area contributed by atoms with Gasteiger partial charge in [-0.05, 0) is 42.7 Å². The summed E-state index contributed by atoms with van der Waals surface area (Å²) < 4.78 is 0. The number of carbonyl (C=O) groups is 2. The van der Waals surface area contributed by atoms with Crippen LogP contribution in [0.5, 0.6) is 0 Å². The van der Waals surface area contributed by atoms with Crippen molar-refractivity contribution in [2.45, 2.75) is 26.3 Å². The van der Waals surface area contributed by atoms with Crippen molar-refractivity contribution in [3.8, 4) is 0 Å². The van der Waals surface area contributed by atoms with E-state index in [1.54, 1.807) is 4.90 Å². The van der Waals surface area contributed by atoms with E-state index < -0.39 is 6.04 Å². The van der Waals surface area contributed by atoms with E-state index in [0.29, 0.717) is 13.0 Å². The van der Waals surface area contributed by atoms with Gasteiger partial charge in [-0.15, -0.1) is 0 Å². The monoisotopic (exact) mass is 351 g/mol. The van der Waals surface area contributed by atoms with E-state index in [2.05, 4.69) is 5.32 Å².